The maximum Gasteiger partial charge on any atom is 0.262 e. The number of nitrogens with one attached hydrogen (secondary N) is 3. The van der Waals surface area contributed by atoms with Gasteiger partial charge in [-0.3, -0.25) is 19.6 Å². The van der Waals surface area contributed by atoms with Gasteiger partial charge < -0.3 is 10.6 Å². The van der Waals surface area contributed by atoms with Crippen molar-refractivity contribution in [3.05, 3.63) is 82.2 Å². The van der Waals surface area contributed by atoms with Crippen LogP contribution in [0.3, 0.4) is 0 Å². The van der Waals surface area contributed by atoms with Gasteiger partial charge in [-0.25, -0.2) is 0 Å². The fourth-order valence-electron chi connectivity index (χ4n) is 4.04. The molecule has 174 valence electrons. The van der Waals surface area contributed by atoms with E-state index in [2.05, 4.69) is 25.7 Å². The zero-order valence-corrected chi connectivity index (χ0v) is 20.0. The lowest BCUT2D eigenvalue weighted by molar-refractivity contribution is 0.0915. The highest BCUT2D eigenvalue weighted by Crippen LogP contribution is 2.30. The smallest absolute Gasteiger partial charge is 0.262 e. The van der Waals surface area contributed by atoms with Crippen molar-refractivity contribution in [2.24, 2.45) is 0 Å². The lowest BCUT2D eigenvalue weighted by Crippen LogP contribution is -2.40. The molecule has 2 aromatic heterocycles. The van der Waals surface area contributed by atoms with Gasteiger partial charge in [-0.15, -0.1) is 11.3 Å². The predicted octanol–water partition coefficient (Wildman–Crippen LogP) is 4.75. The van der Waals surface area contributed by atoms with Crippen molar-refractivity contribution in [2.75, 3.05) is 18.4 Å². The molecule has 2 aromatic carbocycles. The molecule has 1 aliphatic rings. The molecular weight excluding hydrogens is 446 g/mol. The van der Waals surface area contributed by atoms with Gasteiger partial charge in [-0.05, 0) is 62.7 Å². The van der Waals surface area contributed by atoms with Gasteiger partial charge in [0, 0.05) is 12.1 Å². The van der Waals surface area contributed by atoms with Gasteiger partial charge in [0.2, 0.25) is 0 Å². The molecule has 0 spiro atoms. The molecule has 2 amide bonds. The van der Waals surface area contributed by atoms with Gasteiger partial charge in [0.15, 0.2) is 5.82 Å². The number of aromatic nitrogens is 2. The van der Waals surface area contributed by atoms with Crippen molar-refractivity contribution in [3.8, 4) is 0 Å². The standard InChI is InChI=1S/C26H27N5O2S/c1-26(2,19-7-4-3-5-8-19)28-24(33)21-15-20-22(29-30-25(20)34-21)27-23(32)18-11-9-17(10-12-18)16-31-13-6-14-31/h3-5,7-12,15H,6,13-14,16H2,1-2H3,(H,28,33)(H2,27,29,30,32). The van der Waals surface area contributed by atoms with Crippen LogP contribution in [-0.2, 0) is 12.1 Å². The average Bonchev–Trinajstić information content (AvgIpc) is 3.39. The summed E-state index contributed by atoms with van der Waals surface area (Å²) in [5.41, 5.74) is 2.27. The summed E-state index contributed by atoms with van der Waals surface area (Å²) in [5, 5.41) is 13.9. The highest BCUT2D eigenvalue weighted by atomic mass is 32.1. The number of likely N-dealkylation sites (tertiary alicyclic amines) is 1. The van der Waals surface area contributed by atoms with E-state index < -0.39 is 5.54 Å². The summed E-state index contributed by atoms with van der Waals surface area (Å²) in [7, 11) is 0. The first kappa shape index (κ1) is 22.3. The van der Waals surface area contributed by atoms with Crippen LogP contribution >= 0.6 is 11.3 Å². The van der Waals surface area contributed by atoms with Gasteiger partial charge >= 0.3 is 0 Å². The lowest BCUT2D eigenvalue weighted by Gasteiger charge is -2.30. The van der Waals surface area contributed by atoms with Gasteiger partial charge in [-0.1, -0.05) is 42.5 Å². The van der Waals surface area contributed by atoms with E-state index in [0.29, 0.717) is 16.3 Å². The number of hydrogen-bond acceptors (Lipinski definition) is 5. The SMILES string of the molecule is CC(C)(NC(=O)c1cc2c(NC(=O)c3ccc(CN4CCC4)cc3)n[nH]c2s1)c1ccccc1. The fraction of sp³-hybridized carbons (Fsp3) is 0.269. The molecule has 0 radical (unpaired) electrons. The van der Waals surface area contributed by atoms with Crippen molar-refractivity contribution in [1.82, 2.24) is 20.4 Å². The number of fused-ring (bicyclic) bond motifs is 1. The molecule has 0 bridgehead atoms. The van der Waals surface area contributed by atoms with Crippen LogP contribution in [0.25, 0.3) is 10.2 Å². The zero-order valence-electron chi connectivity index (χ0n) is 19.2. The summed E-state index contributed by atoms with van der Waals surface area (Å²) in [6.07, 6.45) is 1.26. The van der Waals surface area contributed by atoms with Crippen LogP contribution in [0.4, 0.5) is 5.82 Å². The van der Waals surface area contributed by atoms with Crippen molar-refractivity contribution in [1.29, 1.82) is 0 Å². The largest absolute Gasteiger partial charge is 0.342 e. The summed E-state index contributed by atoms with van der Waals surface area (Å²) in [4.78, 5) is 29.4. The van der Waals surface area contributed by atoms with Crippen LogP contribution < -0.4 is 10.6 Å². The Hall–Kier alpha value is -3.49. The summed E-state index contributed by atoms with van der Waals surface area (Å²) >= 11 is 1.31. The maximum atomic E-state index is 13.0. The van der Waals surface area contributed by atoms with Crippen LogP contribution in [-0.4, -0.2) is 40.0 Å². The third-order valence-corrected chi connectivity index (χ3v) is 7.24. The number of carbonyl (C=O) groups is 2. The van der Waals surface area contributed by atoms with E-state index in [4.69, 9.17) is 0 Å². The number of H-pyrrole nitrogens is 1. The fourth-order valence-corrected chi connectivity index (χ4v) is 4.93. The molecule has 0 atom stereocenters. The van der Waals surface area contributed by atoms with Gasteiger partial charge in [0.1, 0.15) is 4.83 Å². The van der Waals surface area contributed by atoms with Crippen LogP contribution in [0.5, 0.6) is 0 Å². The van der Waals surface area contributed by atoms with E-state index in [9.17, 15) is 9.59 Å². The number of amides is 2. The van der Waals surface area contributed by atoms with Crippen LogP contribution in [0.15, 0.2) is 60.7 Å². The van der Waals surface area contributed by atoms with E-state index in [-0.39, 0.29) is 11.8 Å². The lowest BCUT2D eigenvalue weighted by atomic mass is 9.94. The van der Waals surface area contributed by atoms with Crippen LogP contribution in [0.2, 0.25) is 0 Å². The topological polar surface area (TPSA) is 90.1 Å². The first-order valence-corrected chi connectivity index (χ1v) is 12.2. The second-order valence-corrected chi connectivity index (χ2v) is 10.2. The highest BCUT2D eigenvalue weighted by Gasteiger charge is 2.25. The monoisotopic (exact) mass is 473 g/mol. The Morgan fingerprint density at radius 2 is 1.79 bits per heavy atom. The molecule has 5 rings (SSSR count). The highest BCUT2D eigenvalue weighted by molar-refractivity contribution is 7.20. The Labute approximate surface area is 202 Å². The van der Waals surface area contributed by atoms with E-state index in [1.807, 2.05) is 68.4 Å². The van der Waals surface area contributed by atoms with Gasteiger partial charge in [0.25, 0.3) is 11.8 Å². The molecular formula is C26H27N5O2S. The molecule has 0 saturated carbocycles. The average molecular weight is 474 g/mol. The Morgan fingerprint density at radius 3 is 2.47 bits per heavy atom. The Bertz CT molecular complexity index is 1320. The second kappa shape index (κ2) is 9.04. The van der Waals surface area contributed by atoms with Crippen molar-refractivity contribution < 1.29 is 9.59 Å². The number of benzene rings is 2. The molecule has 7 nitrogen and oxygen atoms in total. The number of anilines is 1. The molecule has 4 aromatic rings. The second-order valence-electron chi connectivity index (χ2n) is 9.15. The van der Waals surface area contributed by atoms with E-state index in [0.717, 1.165) is 35.4 Å². The maximum absolute atomic E-state index is 13.0. The Kier molecular flexibility index (Phi) is 5.93. The van der Waals surface area contributed by atoms with Crippen molar-refractivity contribution >= 4 is 39.2 Å². The third-order valence-electron chi connectivity index (χ3n) is 6.20. The van der Waals surface area contributed by atoms with Crippen LogP contribution in [0.1, 0.15) is 51.4 Å². The van der Waals surface area contributed by atoms with E-state index in [1.165, 1.54) is 23.3 Å². The predicted molar refractivity (Wildman–Crippen MR) is 135 cm³/mol. The van der Waals surface area contributed by atoms with Gasteiger partial charge in [0.05, 0.1) is 15.8 Å². The normalized spacial score (nSPS) is 14.1. The molecule has 8 heteroatoms. The van der Waals surface area contributed by atoms with Crippen molar-refractivity contribution in [2.45, 2.75) is 32.4 Å². The minimum Gasteiger partial charge on any atom is -0.342 e. The summed E-state index contributed by atoms with van der Waals surface area (Å²) in [5.74, 6) is 0.0205. The summed E-state index contributed by atoms with van der Waals surface area (Å²) < 4.78 is 0. The summed E-state index contributed by atoms with van der Waals surface area (Å²) in [6, 6.07) is 19.3. The van der Waals surface area contributed by atoms with Gasteiger partial charge in [-0.2, -0.15) is 5.10 Å². The number of rotatable bonds is 7. The molecule has 34 heavy (non-hydrogen) atoms. The third kappa shape index (κ3) is 4.60. The number of carbonyl (C=O) groups excluding carboxylic acids is 2. The molecule has 1 aliphatic heterocycles. The molecule has 1 fully saturated rings. The number of hydrogen-bond donors (Lipinski definition) is 3. The van der Waals surface area contributed by atoms with E-state index >= 15 is 0 Å². The Morgan fingerprint density at radius 1 is 1.06 bits per heavy atom. The number of thiophene rings is 1. The molecule has 1 saturated heterocycles. The first-order valence-electron chi connectivity index (χ1n) is 11.4. The minimum absolute atomic E-state index is 0.168. The first-order chi connectivity index (χ1) is 16.4. The quantitative estimate of drug-likeness (QED) is 0.361. The number of nitrogens with zero attached hydrogens (tertiary/aromatic N) is 2. The molecule has 3 N–H and O–H groups in total. The number of aromatic amines is 1. The molecule has 0 aliphatic carbocycles. The van der Waals surface area contributed by atoms with Crippen LogP contribution in [0, 0.1) is 0 Å². The summed E-state index contributed by atoms with van der Waals surface area (Å²) in [6.45, 7) is 7.15. The Balaban J connectivity index is 1.27. The molecule has 3 heterocycles. The zero-order chi connectivity index (χ0) is 23.7. The molecule has 0 unspecified atom stereocenters. The minimum atomic E-state index is -0.521. The van der Waals surface area contributed by atoms with E-state index in [1.54, 1.807) is 6.07 Å². The van der Waals surface area contributed by atoms with Crippen molar-refractivity contribution in [3.63, 3.8) is 0 Å².